The molecule has 0 bridgehead atoms. The van der Waals surface area contributed by atoms with Crippen molar-refractivity contribution in [3.8, 4) is 0 Å². The van der Waals surface area contributed by atoms with Crippen molar-refractivity contribution in [3.05, 3.63) is 41.7 Å². The van der Waals surface area contributed by atoms with Gasteiger partial charge >= 0.3 is 0 Å². The summed E-state index contributed by atoms with van der Waals surface area (Å²) in [6, 6.07) is 7.73. The van der Waals surface area contributed by atoms with Crippen LogP contribution in [-0.4, -0.2) is 21.7 Å². The Balaban J connectivity index is 1.79. The molecule has 104 valence electrons. The Hall–Kier alpha value is -2.30. The highest BCUT2D eigenvalue weighted by Crippen LogP contribution is 2.23. The van der Waals surface area contributed by atoms with Gasteiger partial charge in [0.2, 0.25) is 5.91 Å². The maximum atomic E-state index is 12.3. The molecular formula is C15H18N4O. The van der Waals surface area contributed by atoms with E-state index in [0.717, 1.165) is 29.9 Å². The average Bonchev–Trinajstić information content (AvgIpc) is 2.64. The molecule has 20 heavy (non-hydrogen) atoms. The van der Waals surface area contributed by atoms with Crippen LogP contribution in [-0.2, 0) is 18.3 Å². The zero-order chi connectivity index (χ0) is 14.1. The molecule has 0 fully saturated rings. The maximum Gasteiger partial charge on any atom is 0.246 e. The molecule has 0 spiro atoms. The van der Waals surface area contributed by atoms with E-state index in [0.29, 0.717) is 0 Å². The van der Waals surface area contributed by atoms with Gasteiger partial charge in [-0.3, -0.25) is 9.48 Å². The number of para-hydroxylation sites is 1. The first kappa shape index (κ1) is 12.7. The van der Waals surface area contributed by atoms with E-state index in [2.05, 4.69) is 21.8 Å². The Morgan fingerprint density at radius 2 is 2.20 bits per heavy atom. The van der Waals surface area contributed by atoms with E-state index < -0.39 is 0 Å². The number of hydrogen-bond acceptors (Lipinski definition) is 3. The molecule has 2 aromatic rings. The van der Waals surface area contributed by atoms with E-state index in [1.807, 2.05) is 38.4 Å². The molecule has 1 aliphatic rings. The van der Waals surface area contributed by atoms with Crippen LogP contribution in [0.3, 0.4) is 0 Å². The molecule has 0 saturated carbocycles. The van der Waals surface area contributed by atoms with E-state index in [1.165, 1.54) is 5.56 Å². The standard InChI is InChI=1S/C15H18N4O/c1-10-14(9-19(2)18-10)16-13-8-7-11-5-3-4-6-12(11)17-15(13)20/h3-6,9,13,16H,7-8H2,1-2H3,(H,17,20). The summed E-state index contributed by atoms with van der Waals surface area (Å²) in [5, 5.41) is 10.6. The lowest BCUT2D eigenvalue weighted by molar-refractivity contribution is -0.116. The number of carbonyl (C=O) groups is 1. The number of nitrogens with zero attached hydrogens (tertiary/aromatic N) is 2. The minimum absolute atomic E-state index is 0.0122. The average molecular weight is 270 g/mol. The largest absolute Gasteiger partial charge is 0.371 e. The van der Waals surface area contributed by atoms with Crippen molar-refractivity contribution < 1.29 is 4.79 Å². The molecule has 2 heterocycles. The molecule has 5 heteroatoms. The summed E-state index contributed by atoms with van der Waals surface area (Å²) >= 11 is 0. The molecule has 1 unspecified atom stereocenters. The molecule has 1 amide bonds. The quantitative estimate of drug-likeness (QED) is 0.878. The van der Waals surface area contributed by atoms with Gasteiger partial charge in [-0.05, 0) is 31.4 Å². The summed E-state index contributed by atoms with van der Waals surface area (Å²) in [6.45, 7) is 1.94. The second kappa shape index (κ2) is 5.00. The van der Waals surface area contributed by atoms with E-state index >= 15 is 0 Å². The third-order valence-electron chi connectivity index (χ3n) is 3.64. The number of hydrogen-bond donors (Lipinski definition) is 2. The number of nitrogens with one attached hydrogen (secondary N) is 2. The molecule has 3 rings (SSSR count). The monoisotopic (exact) mass is 270 g/mol. The molecular weight excluding hydrogens is 252 g/mol. The second-order valence-corrected chi connectivity index (χ2v) is 5.18. The van der Waals surface area contributed by atoms with Gasteiger partial charge in [-0.25, -0.2) is 0 Å². The Morgan fingerprint density at radius 1 is 1.40 bits per heavy atom. The number of aromatic nitrogens is 2. The van der Waals surface area contributed by atoms with Gasteiger partial charge in [0.05, 0.1) is 11.4 Å². The van der Waals surface area contributed by atoms with Crippen LogP contribution in [0.5, 0.6) is 0 Å². The van der Waals surface area contributed by atoms with Gasteiger partial charge in [-0.1, -0.05) is 18.2 Å². The summed E-state index contributed by atoms with van der Waals surface area (Å²) in [6.07, 6.45) is 3.56. The normalized spacial score (nSPS) is 18.1. The Morgan fingerprint density at radius 3 is 2.95 bits per heavy atom. The summed E-state index contributed by atoms with van der Waals surface area (Å²) in [5.74, 6) is 0.0122. The second-order valence-electron chi connectivity index (χ2n) is 5.18. The van der Waals surface area contributed by atoms with Gasteiger partial charge in [0.1, 0.15) is 6.04 Å². The number of benzene rings is 1. The topological polar surface area (TPSA) is 59.0 Å². The van der Waals surface area contributed by atoms with Crippen LogP contribution < -0.4 is 10.6 Å². The van der Waals surface area contributed by atoms with E-state index in [4.69, 9.17) is 0 Å². The minimum Gasteiger partial charge on any atom is -0.371 e. The highest BCUT2D eigenvalue weighted by molar-refractivity contribution is 5.97. The zero-order valence-corrected chi connectivity index (χ0v) is 11.7. The van der Waals surface area contributed by atoms with E-state index in [9.17, 15) is 4.79 Å². The summed E-state index contributed by atoms with van der Waals surface area (Å²) in [5.41, 5.74) is 3.93. The van der Waals surface area contributed by atoms with Crippen molar-refractivity contribution in [1.29, 1.82) is 0 Å². The molecule has 1 aliphatic heterocycles. The fraction of sp³-hybridized carbons (Fsp3) is 0.333. The van der Waals surface area contributed by atoms with Crippen LogP contribution in [0.4, 0.5) is 11.4 Å². The van der Waals surface area contributed by atoms with Gasteiger partial charge < -0.3 is 10.6 Å². The van der Waals surface area contributed by atoms with Crippen LogP contribution >= 0.6 is 0 Å². The molecule has 0 radical (unpaired) electrons. The van der Waals surface area contributed by atoms with Crippen LogP contribution in [0.1, 0.15) is 17.7 Å². The fourth-order valence-corrected chi connectivity index (χ4v) is 2.58. The Kier molecular flexibility index (Phi) is 3.18. The summed E-state index contributed by atoms with van der Waals surface area (Å²) in [4.78, 5) is 12.3. The predicted octanol–water partition coefficient (Wildman–Crippen LogP) is 2.09. The lowest BCUT2D eigenvalue weighted by Gasteiger charge is -2.15. The van der Waals surface area contributed by atoms with Crippen molar-refractivity contribution in [2.75, 3.05) is 10.6 Å². The van der Waals surface area contributed by atoms with Gasteiger partial charge in [0.25, 0.3) is 0 Å². The highest BCUT2D eigenvalue weighted by Gasteiger charge is 2.24. The lowest BCUT2D eigenvalue weighted by atomic mass is 10.1. The Labute approximate surface area is 118 Å². The first-order chi connectivity index (χ1) is 9.63. The van der Waals surface area contributed by atoms with Gasteiger partial charge in [0, 0.05) is 18.9 Å². The van der Waals surface area contributed by atoms with Crippen LogP contribution in [0.2, 0.25) is 0 Å². The van der Waals surface area contributed by atoms with Crippen molar-refractivity contribution in [3.63, 3.8) is 0 Å². The van der Waals surface area contributed by atoms with Crippen molar-refractivity contribution in [2.24, 2.45) is 7.05 Å². The number of carbonyl (C=O) groups excluding carboxylic acids is 1. The predicted molar refractivity (Wildman–Crippen MR) is 78.7 cm³/mol. The number of anilines is 2. The minimum atomic E-state index is -0.231. The fourth-order valence-electron chi connectivity index (χ4n) is 2.58. The number of amides is 1. The lowest BCUT2D eigenvalue weighted by Crippen LogP contribution is -2.33. The van der Waals surface area contributed by atoms with Crippen molar-refractivity contribution in [1.82, 2.24) is 9.78 Å². The third kappa shape index (κ3) is 2.39. The zero-order valence-electron chi connectivity index (χ0n) is 11.7. The number of aryl methyl sites for hydroxylation is 3. The first-order valence-corrected chi connectivity index (χ1v) is 6.79. The van der Waals surface area contributed by atoms with Gasteiger partial charge in [0.15, 0.2) is 0 Å². The first-order valence-electron chi connectivity index (χ1n) is 6.79. The molecule has 1 aromatic heterocycles. The Bertz CT molecular complexity index is 647. The van der Waals surface area contributed by atoms with E-state index in [1.54, 1.807) is 4.68 Å². The maximum absolute atomic E-state index is 12.3. The smallest absolute Gasteiger partial charge is 0.246 e. The van der Waals surface area contributed by atoms with Crippen molar-refractivity contribution in [2.45, 2.75) is 25.8 Å². The van der Waals surface area contributed by atoms with Crippen LogP contribution in [0, 0.1) is 6.92 Å². The number of rotatable bonds is 2. The van der Waals surface area contributed by atoms with E-state index in [-0.39, 0.29) is 11.9 Å². The molecule has 0 saturated heterocycles. The number of fused-ring (bicyclic) bond motifs is 1. The van der Waals surface area contributed by atoms with Gasteiger partial charge in [-0.15, -0.1) is 0 Å². The van der Waals surface area contributed by atoms with Gasteiger partial charge in [-0.2, -0.15) is 5.10 Å². The SMILES string of the molecule is Cc1nn(C)cc1NC1CCc2ccccc2NC1=O. The highest BCUT2D eigenvalue weighted by atomic mass is 16.2. The molecule has 0 aliphatic carbocycles. The molecule has 1 aromatic carbocycles. The molecule has 1 atom stereocenters. The summed E-state index contributed by atoms with van der Waals surface area (Å²) < 4.78 is 1.75. The molecule has 2 N–H and O–H groups in total. The van der Waals surface area contributed by atoms with Crippen molar-refractivity contribution >= 4 is 17.3 Å². The van der Waals surface area contributed by atoms with Crippen LogP contribution in [0.25, 0.3) is 0 Å². The molecule has 5 nitrogen and oxygen atoms in total. The van der Waals surface area contributed by atoms with Crippen LogP contribution in [0.15, 0.2) is 30.5 Å². The third-order valence-corrected chi connectivity index (χ3v) is 3.64. The summed E-state index contributed by atoms with van der Waals surface area (Å²) in [7, 11) is 1.88.